The second-order valence-electron chi connectivity index (χ2n) is 20.0. The third-order valence-corrected chi connectivity index (χ3v) is 18.6. The first kappa shape index (κ1) is 41.2. The summed E-state index contributed by atoms with van der Waals surface area (Å²) in [6.07, 6.45) is 11.9. The lowest BCUT2D eigenvalue weighted by Gasteiger charge is -2.25. The van der Waals surface area contributed by atoms with Gasteiger partial charge in [-0.15, -0.1) is 0 Å². The Kier molecular flexibility index (Phi) is 10.2. The quantitative estimate of drug-likeness (QED) is 0.137. The maximum absolute atomic E-state index is 9.27. The molecule has 0 amide bonds. The highest BCUT2D eigenvalue weighted by molar-refractivity contribution is 9.11. The molecule has 9 aromatic carbocycles. The largest absolute Gasteiger partial charge is 0.488 e. The molecule has 15 rings (SSSR count). The van der Waals surface area contributed by atoms with Crippen molar-refractivity contribution in [2.45, 2.75) is 93.3 Å². The van der Waals surface area contributed by atoms with Crippen molar-refractivity contribution in [3.05, 3.63) is 194 Å². The van der Waals surface area contributed by atoms with Crippen molar-refractivity contribution >= 4 is 87.5 Å². The molecule has 2 nitrogen and oxygen atoms in total. The molecule has 0 heterocycles. The van der Waals surface area contributed by atoms with E-state index >= 15 is 0 Å². The Balaban J connectivity index is 0.000000119. The van der Waals surface area contributed by atoms with Crippen LogP contribution in [0.15, 0.2) is 161 Å². The fraction of sp³-hybridized carbons (Fsp3) is 0.246. The third kappa shape index (κ3) is 6.40. The monoisotopic (exact) mass is 984 g/mol. The average Bonchev–Trinajstić information content (AvgIpc) is 4.26. The van der Waals surface area contributed by atoms with Gasteiger partial charge in [-0.25, -0.2) is 0 Å². The molecule has 6 atom stereocenters. The molecule has 0 saturated heterocycles. The van der Waals surface area contributed by atoms with Crippen LogP contribution in [0.4, 0.5) is 0 Å². The Hall–Kier alpha value is -5.04. The summed E-state index contributed by atoms with van der Waals surface area (Å²) in [5.41, 5.74) is 15.8. The van der Waals surface area contributed by atoms with Crippen LogP contribution in [0.25, 0.3) is 65.3 Å². The number of hydrogen-bond donors (Lipinski definition) is 2. The summed E-state index contributed by atoms with van der Waals surface area (Å²) < 4.78 is 2.34. The Morgan fingerprint density at radius 3 is 1.00 bits per heavy atom. The molecule has 6 unspecified atom stereocenters. The van der Waals surface area contributed by atoms with Crippen LogP contribution in [-0.2, 0) is 0 Å². The third-order valence-electron chi connectivity index (χ3n) is 16.8. The molecule has 9 aromatic rings. The van der Waals surface area contributed by atoms with Gasteiger partial charge >= 0.3 is 7.12 Å². The number of rotatable bonds is 3. The van der Waals surface area contributed by atoms with E-state index in [0.29, 0.717) is 11.8 Å². The molecule has 0 aliphatic heterocycles. The van der Waals surface area contributed by atoms with E-state index in [1.54, 1.807) is 22.3 Å². The molecule has 6 bridgehead atoms. The minimum atomic E-state index is -1.30. The van der Waals surface area contributed by atoms with Gasteiger partial charge in [-0.1, -0.05) is 152 Å². The van der Waals surface area contributed by atoms with Crippen LogP contribution >= 0.6 is 31.9 Å². The van der Waals surface area contributed by atoms with E-state index in [2.05, 4.69) is 171 Å². The Bertz CT molecular complexity index is 3130. The fourth-order valence-electron chi connectivity index (χ4n) is 14.2. The molecule has 0 spiro atoms. The van der Waals surface area contributed by atoms with E-state index in [4.69, 9.17) is 0 Å². The van der Waals surface area contributed by atoms with Crippen molar-refractivity contribution in [3.8, 4) is 22.3 Å². The summed E-state index contributed by atoms with van der Waals surface area (Å²) in [5.74, 6) is 4.33. The molecule has 2 N–H and O–H groups in total. The fourth-order valence-corrected chi connectivity index (χ4v) is 15.6. The predicted molar refractivity (Wildman–Crippen MR) is 283 cm³/mol. The first-order chi connectivity index (χ1) is 32.4. The molecular formula is C61H51BBr2O2. The SMILES string of the molecule is Brc1c2ccccc2c(Br)c2ccccc12.OB(O)c1cccc2c1C1CCC2C1.c1cc(-c2c3ccccc3c(-c3cccc4c3C3CCC4C3)c3ccccc23)c2c(c1)C1CCC2C1. The molecule has 3 saturated carbocycles. The number of halogens is 2. The van der Waals surface area contributed by atoms with E-state index in [-0.39, 0.29) is 0 Å². The summed E-state index contributed by atoms with van der Waals surface area (Å²) in [7, 11) is -1.30. The minimum absolute atomic E-state index is 0.591. The summed E-state index contributed by atoms with van der Waals surface area (Å²) in [6, 6.07) is 55.6. The average molecular weight is 987 g/mol. The summed E-state index contributed by atoms with van der Waals surface area (Å²) in [4.78, 5) is 0. The Morgan fingerprint density at radius 2 is 0.636 bits per heavy atom. The van der Waals surface area contributed by atoms with Crippen molar-refractivity contribution < 1.29 is 10.0 Å². The van der Waals surface area contributed by atoms with Gasteiger partial charge in [-0.2, -0.15) is 0 Å². The van der Waals surface area contributed by atoms with Crippen LogP contribution < -0.4 is 5.46 Å². The zero-order valence-corrected chi connectivity index (χ0v) is 40.2. The van der Waals surface area contributed by atoms with Gasteiger partial charge in [0.1, 0.15) is 0 Å². The summed E-state index contributed by atoms with van der Waals surface area (Å²) >= 11 is 7.39. The van der Waals surface area contributed by atoms with Gasteiger partial charge in [0.05, 0.1) is 0 Å². The van der Waals surface area contributed by atoms with Gasteiger partial charge in [0, 0.05) is 8.95 Å². The number of benzene rings is 9. The van der Waals surface area contributed by atoms with E-state index in [1.807, 2.05) is 12.1 Å². The second-order valence-corrected chi connectivity index (χ2v) is 21.6. The van der Waals surface area contributed by atoms with E-state index in [9.17, 15) is 10.0 Å². The lowest BCUT2D eigenvalue weighted by molar-refractivity contribution is 0.425. The van der Waals surface area contributed by atoms with E-state index < -0.39 is 7.12 Å². The van der Waals surface area contributed by atoms with Gasteiger partial charge in [0.2, 0.25) is 0 Å². The van der Waals surface area contributed by atoms with Crippen LogP contribution in [0, 0.1) is 0 Å². The number of fused-ring (bicyclic) bond motifs is 19. The van der Waals surface area contributed by atoms with Gasteiger partial charge in [-0.3, -0.25) is 0 Å². The molecular weight excluding hydrogens is 935 g/mol. The minimum Gasteiger partial charge on any atom is -0.423 e. The van der Waals surface area contributed by atoms with Gasteiger partial charge < -0.3 is 10.0 Å². The van der Waals surface area contributed by atoms with Crippen LogP contribution in [0.2, 0.25) is 0 Å². The molecule has 6 aliphatic rings. The van der Waals surface area contributed by atoms with Crippen molar-refractivity contribution in [2.75, 3.05) is 0 Å². The first-order valence-electron chi connectivity index (χ1n) is 24.4. The lowest BCUT2D eigenvalue weighted by Crippen LogP contribution is -2.34. The van der Waals surface area contributed by atoms with Gasteiger partial charge in [-0.05, 0) is 229 Å². The Labute approximate surface area is 404 Å². The van der Waals surface area contributed by atoms with Crippen molar-refractivity contribution in [1.82, 2.24) is 0 Å². The molecule has 0 radical (unpaired) electrons. The predicted octanol–water partition coefficient (Wildman–Crippen LogP) is 16.3. The molecule has 66 heavy (non-hydrogen) atoms. The standard InChI is InChI=1S/C36H30.C14H8Br2.C11H13BO2/c1-2-8-28-27(7-1)35(31-13-5-11-25-21-15-17-23(19-21)33(25)31)29-9-3-4-10-30(29)36(28)32-14-6-12-26-22-16-18-24(20-22)34(26)32;15-13-9-5-1-2-6-10(9)14(16)12-8-4-3-7-11(12)13;13-12(14)10-3-1-2-9-7-4-5-8(6-7)11(9)10/h1-14,21-24H,15-20H2;1-8H;1-3,7-8,13-14H,4-6H2. The molecule has 0 aromatic heterocycles. The van der Waals surface area contributed by atoms with E-state index in [1.165, 1.54) is 143 Å². The normalized spacial score (nSPS) is 22.3. The van der Waals surface area contributed by atoms with Crippen molar-refractivity contribution in [1.29, 1.82) is 0 Å². The molecule has 5 heteroatoms. The molecule has 324 valence electrons. The maximum Gasteiger partial charge on any atom is 0.488 e. The highest BCUT2D eigenvalue weighted by atomic mass is 79.9. The molecule has 3 fully saturated rings. The summed E-state index contributed by atoms with van der Waals surface area (Å²) in [5, 5.41) is 29.2. The Morgan fingerprint density at radius 1 is 0.333 bits per heavy atom. The second kappa shape index (κ2) is 16.3. The lowest BCUT2D eigenvalue weighted by atomic mass is 9.72. The summed E-state index contributed by atoms with van der Waals surface area (Å²) in [6.45, 7) is 0. The highest BCUT2D eigenvalue weighted by Crippen LogP contribution is 2.59. The first-order valence-corrected chi connectivity index (χ1v) is 25.9. The van der Waals surface area contributed by atoms with E-state index in [0.717, 1.165) is 29.1 Å². The maximum atomic E-state index is 9.27. The van der Waals surface area contributed by atoms with Crippen molar-refractivity contribution in [2.24, 2.45) is 0 Å². The van der Waals surface area contributed by atoms with Crippen LogP contribution in [0.1, 0.15) is 127 Å². The topological polar surface area (TPSA) is 40.5 Å². The van der Waals surface area contributed by atoms with Crippen LogP contribution in [0.5, 0.6) is 0 Å². The smallest absolute Gasteiger partial charge is 0.423 e. The zero-order chi connectivity index (χ0) is 44.2. The zero-order valence-electron chi connectivity index (χ0n) is 37.0. The van der Waals surface area contributed by atoms with Crippen LogP contribution in [-0.4, -0.2) is 17.2 Å². The van der Waals surface area contributed by atoms with Gasteiger partial charge in [0.15, 0.2) is 0 Å². The van der Waals surface area contributed by atoms with Crippen molar-refractivity contribution in [3.63, 3.8) is 0 Å². The highest BCUT2D eigenvalue weighted by Gasteiger charge is 2.41. The number of hydrogen-bond acceptors (Lipinski definition) is 2. The molecule has 6 aliphatic carbocycles. The van der Waals surface area contributed by atoms with Gasteiger partial charge in [0.25, 0.3) is 0 Å². The van der Waals surface area contributed by atoms with Crippen LogP contribution in [0.3, 0.4) is 0 Å².